The van der Waals surface area contributed by atoms with Gasteiger partial charge in [-0.05, 0) is 108 Å². The number of benzene rings is 8. The normalized spacial score (nSPS) is 15.6. The maximum atomic E-state index is 9.14. The average molecular weight is 877 g/mol. The van der Waals surface area contributed by atoms with E-state index >= 15 is 0 Å². The Bertz CT molecular complexity index is 4130. The third-order valence-corrected chi connectivity index (χ3v) is 12.9. The molecule has 1 aliphatic rings. The van der Waals surface area contributed by atoms with Gasteiger partial charge in [0.05, 0.1) is 58.5 Å². The van der Waals surface area contributed by atoms with E-state index in [0.29, 0.717) is 16.7 Å². The Morgan fingerprint density at radius 3 is 1.87 bits per heavy atom. The minimum Gasteiger partial charge on any atom is -0.317 e. The number of pyridine rings is 1. The van der Waals surface area contributed by atoms with E-state index in [2.05, 4.69) is 128 Å². The number of nitrogens with zero attached hydrogens (tertiary/aromatic N) is 6. The summed E-state index contributed by atoms with van der Waals surface area (Å²) in [5.74, 6) is 0.820. The van der Waals surface area contributed by atoms with Gasteiger partial charge < -0.3 is 9.80 Å². The zero-order valence-corrected chi connectivity index (χ0v) is 37.6. The van der Waals surface area contributed by atoms with Gasteiger partial charge >= 0.3 is 0 Å². The molecule has 0 atom stereocenters. The molecule has 6 nitrogen and oxygen atoms in total. The van der Waals surface area contributed by atoms with Gasteiger partial charge in [0.2, 0.25) is 0 Å². The number of hydrogen-bond donors (Lipinski definition) is 0. The van der Waals surface area contributed by atoms with Crippen molar-refractivity contribution in [2.75, 3.05) is 9.80 Å². The summed E-state index contributed by atoms with van der Waals surface area (Å²) in [4.78, 5) is 9.71. The fraction of sp³-hybridized carbons (Fsp3) is 0.115. The molecule has 324 valence electrons. The van der Waals surface area contributed by atoms with Gasteiger partial charge in [-0.2, -0.15) is 0 Å². The Balaban J connectivity index is 1.10. The molecular formula is C61H50N6. The minimum absolute atomic E-state index is 0.109. The molecule has 67 heavy (non-hydrogen) atoms. The Hall–Kier alpha value is -8.22. The van der Waals surface area contributed by atoms with Crippen molar-refractivity contribution in [2.24, 2.45) is 0 Å². The van der Waals surface area contributed by atoms with Crippen LogP contribution in [-0.2, 0) is 5.41 Å². The maximum absolute atomic E-state index is 9.14. The highest BCUT2D eigenvalue weighted by atomic mass is 15.5. The van der Waals surface area contributed by atoms with Crippen LogP contribution < -0.4 is 14.4 Å². The van der Waals surface area contributed by atoms with Crippen LogP contribution in [0.4, 0.5) is 22.7 Å². The molecule has 0 radical (unpaired) electrons. The Kier molecular flexibility index (Phi) is 7.11. The van der Waals surface area contributed by atoms with Gasteiger partial charge in [-0.15, -0.1) is 0 Å². The lowest BCUT2D eigenvalue weighted by Crippen LogP contribution is -2.48. The number of anilines is 4. The highest BCUT2D eigenvalue weighted by molar-refractivity contribution is 6.13. The van der Waals surface area contributed by atoms with E-state index in [9.17, 15) is 0 Å². The van der Waals surface area contributed by atoms with E-state index in [-0.39, 0.29) is 33.4 Å². The number of fused-ring (bicyclic) bond motifs is 5. The molecule has 4 heterocycles. The molecule has 0 saturated carbocycles. The quantitative estimate of drug-likeness (QED) is 0.118. The summed E-state index contributed by atoms with van der Waals surface area (Å²) >= 11 is 0. The number of imidazole rings is 1. The third-order valence-electron chi connectivity index (χ3n) is 12.9. The highest BCUT2D eigenvalue weighted by Gasteiger charge is 2.45. The summed E-state index contributed by atoms with van der Waals surface area (Å²) in [6.45, 7) is 11.0. The molecule has 0 aliphatic carbocycles. The molecule has 0 saturated heterocycles. The SMILES string of the molecule is [2H]c1c([2H])c([2H])c(-c2cccc(-c3c([2H])c([2H])c([2H])c([2H])c3[2H])c2-[n+]2[c-]n(-c3cccc(N4c5cc6c(cc5N(c5ccccc5)C4(C)C)c4ccccc4n6-c4cc(C(C)(C)C)ccn4)c3)c3ccccc32)c([2H])c1[2H]. The second kappa shape index (κ2) is 15.5. The van der Waals surface area contributed by atoms with Crippen LogP contribution in [0.5, 0.6) is 0 Å². The van der Waals surface area contributed by atoms with Crippen molar-refractivity contribution in [1.29, 1.82) is 0 Å². The molecule has 0 amide bonds. The molecule has 6 heteroatoms. The molecule has 3 aromatic heterocycles. The van der Waals surface area contributed by atoms with E-state index < -0.39 is 66.1 Å². The largest absolute Gasteiger partial charge is 0.317 e. The van der Waals surface area contributed by atoms with Gasteiger partial charge in [0, 0.05) is 28.3 Å². The van der Waals surface area contributed by atoms with Gasteiger partial charge in [-0.25, -0.2) is 4.98 Å². The predicted octanol–water partition coefficient (Wildman–Crippen LogP) is 14.9. The lowest BCUT2D eigenvalue weighted by molar-refractivity contribution is -0.571. The standard InChI is InChI=1S/C61H50N6/c1-60(2,3)44-35-36-62-58(37-44)65-52-32-16-15-29-50(52)51-39-56-57(40-55(51)65)67(61(4,5)66(56)45-25-13-8-14-26-45)47-28-19-27-46(38-47)63-41-64(54-34-18-17-33-53(54)63)59-48(42-21-9-6-10-22-42)30-20-31-49(59)43-23-11-7-12-24-43/h6-40H,1-5H3/i6D,7D,9D,10D,11D,12D,21D,22D,23D,24D. The van der Waals surface area contributed by atoms with Crippen LogP contribution in [0.2, 0.25) is 0 Å². The summed E-state index contributed by atoms with van der Waals surface area (Å²) in [6.07, 6.45) is 5.45. The molecule has 12 rings (SSSR count). The minimum atomic E-state index is -0.698. The van der Waals surface area contributed by atoms with Gasteiger partial charge in [0.15, 0.2) is 0 Å². The first-order valence-corrected chi connectivity index (χ1v) is 22.3. The highest BCUT2D eigenvalue weighted by Crippen LogP contribution is 2.55. The maximum Gasteiger partial charge on any atom is 0.269 e. The van der Waals surface area contributed by atoms with Crippen LogP contribution in [0.15, 0.2) is 212 Å². The van der Waals surface area contributed by atoms with Crippen molar-refractivity contribution in [1.82, 2.24) is 14.1 Å². The second-order valence-electron chi connectivity index (χ2n) is 18.3. The van der Waals surface area contributed by atoms with Crippen LogP contribution in [-0.4, -0.2) is 19.8 Å². The molecule has 0 spiro atoms. The van der Waals surface area contributed by atoms with Crippen molar-refractivity contribution in [2.45, 2.75) is 45.7 Å². The Morgan fingerprint density at radius 1 is 0.552 bits per heavy atom. The monoisotopic (exact) mass is 876 g/mol. The molecule has 0 bridgehead atoms. The lowest BCUT2D eigenvalue weighted by atomic mass is 9.88. The van der Waals surface area contributed by atoms with E-state index in [1.54, 1.807) is 22.8 Å². The van der Waals surface area contributed by atoms with Gasteiger partial charge in [-0.3, -0.25) is 13.7 Å². The molecular weight excluding hydrogens is 817 g/mol. The van der Waals surface area contributed by atoms with E-state index in [1.807, 2.05) is 65.4 Å². The summed E-state index contributed by atoms with van der Waals surface area (Å²) in [5.41, 5.74) is 8.50. The molecule has 0 fully saturated rings. The van der Waals surface area contributed by atoms with E-state index in [4.69, 9.17) is 18.7 Å². The first-order chi connectivity index (χ1) is 36.8. The zero-order chi connectivity index (χ0) is 54.1. The van der Waals surface area contributed by atoms with Crippen molar-refractivity contribution in [3.63, 3.8) is 0 Å². The molecule has 11 aromatic rings. The summed E-state index contributed by atoms with van der Waals surface area (Å²) in [5, 5.41) is 2.19. The van der Waals surface area contributed by atoms with Gasteiger partial charge in [0.25, 0.3) is 6.33 Å². The van der Waals surface area contributed by atoms with E-state index in [0.717, 1.165) is 50.4 Å². The fourth-order valence-corrected chi connectivity index (χ4v) is 9.93. The van der Waals surface area contributed by atoms with Crippen LogP contribution in [0.1, 0.15) is 53.9 Å². The fourth-order valence-electron chi connectivity index (χ4n) is 9.93. The van der Waals surface area contributed by atoms with Crippen LogP contribution >= 0.6 is 0 Å². The molecule has 8 aromatic carbocycles. The van der Waals surface area contributed by atoms with Crippen molar-refractivity contribution < 1.29 is 18.3 Å². The zero-order valence-electron chi connectivity index (χ0n) is 47.6. The van der Waals surface area contributed by atoms with Gasteiger partial charge in [-0.1, -0.05) is 166 Å². The first kappa shape index (κ1) is 30.8. The van der Waals surface area contributed by atoms with Crippen molar-refractivity contribution in [3.05, 3.63) is 224 Å². The third kappa shape index (κ3) is 6.54. The van der Waals surface area contributed by atoms with Crippen molar-refractivity contribution >= 4 is 55.6 Å². The van der Waals surface area contributed by atoms with Gasteiger partial charge in [0.1, 0.15) is 11.5 Å². The number of aromatic nitrogens is 4. The van der Waals surface area contributed by atoms with Crippen LogP contribution in [0.3, 0.4) is 0 Å². The number of hydrogen-bond acceptors (Lipinski definition) is 3. The summed E-state index contributed by atoms with van der Waals surface area (Å²) in [6, 6.07) is 43.0. The first-order valence-electron chi connectivity index (χ1n) is 27.3. The van der Waals surface area contributed by atoms with Crippen molar-refractivity contribution in [3.8, 4) is 39.4 Å². The number of rotatable bonds is 7. The predicted molar refractivity (Wildman–Crippen MR) is 277 cm³/mol. The summed E-state index contributed by atoms with van der Waals surface area (Å²) < 4.78 is 93.9. The topological polar surface area (TPSA) is 33.1 Å². The van der Waals surface area contributed by atoms with Crippen LogP contribution in [0, 0.1) is 6.33 Å². The number of para-hydroxylation sites is 5. The van der Waals surface area contributed by atoms with E-state index in [1.165, 1.54) is 5.56 Å². The summed E-state index contributed by atoms with van der Waals surface area (Å²) in [7, 11) is 0. The smallest absolute Gasteiger partial charge is 0.269 e. The Morgan fingerprint density at radius 2 is 1.15 bits per heavy atom. The second-order valence-corrected chi connectivity index (χ2v) is 18.3. The lowest BCUT2D eigenvalue weighted by Gasteiger charge is -2.40. The molecule has 0 N–H and O–H groups in total. The average Bonchev–Trinajstić information content (AvgIpc) is 4.13. The Labute approximate surface area is 405 Å². The van der Waals surface area contributed by atoms with Crippen LogP contribution in [0.25, 0.3) is 72.3 Å². The molecule has 1 aliphatic heterocycles. The molecule has 0 unspecified atom stereocenters.